The van der Waals surface area contributed by atoms with Crippen LogP contribution >= 0.6 is 11.3 Å². The van der Waals surface area contributed by atoms with Crippen molar-refractivity contribution in [3.05, 3.63) is 53.4 Å². The first-order valence-electron chi connectivity index (χ1n) is 9.59. The van der Waals surface area contributed by atoms with Crippen molar-refractivity contribution >= 4 is 28.4 Å². The molecule has 3 aromatic rings. The highest BCUT2D eigenvalue weighted by atomic mass is 32.1. The molecule has 2 heterocycles. The minimum atomic E-state index is 0.736. The molecule has 4 rings (SSSR count). The Labute approximate surface area is 174 Å². The molecule has 0 bridgehead atoms. The van der Waals surface area contributed by atoms with E-state index in [1.807, 2.05) is 47.8 Å². The van der Waals surface area contributed by atoms with Crippen LogP contribution in [0.1, 0.15) is 18.4 Å². The molecule has 0 spiro atoms. The zero-order valence-corrected chi connectivity index (χ0v) is 17.4. The molecular formula is C22H24N4O2S. The molecule has 150 valence electrons. The molecule has 6 nitrogen and oxygen atoms in total. The number of hydrazone groups is 1. The van der Waals surface area contributed by atoms with Gasteiger partial charge in [0.15, 0.2) is 0 Å². The lowest BCUT2D eigenvalue weighted by atomic mass is 10.1. The Hall–Kier alpha value is -3.06. The Morgan fingerprint density at radius 2 is 1.83 bits per heavy atom. The summed E-state index contributed by atoms with van der Waals surface area (Å²) in [5, 5.41) is 7.11. The van der Waals surface area contributed by atoms with Crippen LogP contribution in [0.2, 0.25) is 0 Å². The number of ether oxygens (including phenoxy) is 2. The monoisotopic (exact) mass is 408 g/mol. The average Bonchev–Trinajstić information content (AvgIpc) is 3.46. The normalized spacial score (nSPS) is 13.8. The van der Waals surface area contributed by atoms with Crippen LogP contribution in [0.5, 0.6) is 11.5 Å². The van der Waals surface area contributed by atoms with Gasteiger partial charge in [-0.15, -0.1) is 11.3 Å². The Morgan fingerprint density at radius 3 is 2.55 bits per heavy atom. The quantitative estimate of drug-likeness (QED) is 0.446. The van der Waals surface area contributed by atoms with Gasteiger partial charge >= 0.3 is 0 Å². The fourth-order valence-electron chi connectivity index (χ4n) is 3.43. The molecular weight excluding hydrogens is 384 g/mol. The van der Waals surface area contributed by atoms with Gasteiger partial charge in [0.25, 0.3) is 0 Å². The van der Waals surface area contributed by atoms with Crippen LogP contribution in [0.3, 0.4) is 0 Å². The van der Waals surface area contributed by atoms with Crippen LogP contribution in [0, 0.1) is 0 Å². The Morgan fingerprint density at radius 1 is 1.07 bits per heavy atom. The number of benzene rings is 2. The third kappa shape index (κ3) is 4.35. The van der Waals surface area contributed by atoms with E-state index in [0.29, 0.717) is 0 Å². The van der Waals surface area contributed by atoms with Crippen molar-refractivity contribution in [2.45, 2.75) is 12.8 Å². The first kappa shape index (κ1) is 19.3. The van der Waals surface area contributed by atoms with Crippen molar-refractivity contribution in [3.63, 3.8) is 0 Å². The van der Waals surface area contributed by atoms with Gasteiger partial charge in [-0.2, -0.15) is 5.10 Å². The minimum absolute atomic E-state index is 0.736. The number of anilines is 2. The fraction of sp³-hybridized carbons (Fsp3) is 0.273. The highest BCUT2D eigenvalue weighted by Crippen LogP contribution is 2.36. The summed E-state index contributed by atoms with van der Waals surface area (Å²) in [6.07, 6.45) is 4.15. The summed E-state index contributed by atoms with van der Waals surface area (Å²) in [7, 11) is 3.37. The third-order valence-corrected chi connectivity index (χ3v) is 5.66. The summed E-state index contributed by atoms with van der Waals surface area (Å²) in [6.45, 7) is 2.09. The van der Waals surface area contributed by atoms with Crippen LogP contribution in [0.25, 0.3) is 11.3 Å². The molecule has 0 amide bonds. The zero-order chi connectivity index (χ0) is 20.1. The molecule has 0 saturated carbocycles. The predicted octanol–water partition coefficient (Wildman–Crippen LogP) is 4.87. The van der Waals surface area contributed by atoms with Crippen molar-refractivity contribution in [2.24, 2.45) is 5.10 Å². The Bertz CT molecular complexity index is 982. The van der Waals surface area contributed by atoms with Crippen LogP contribution < -0.4 is 19.8 Å². The van der Waals surface area contributed by atoms with E-state index in [2.05, 4.69) is 20.4 Å². The van der Waals surface area contributed by atoms with Gasteiger partial charge in [0, 0.05) is 35.7 Å². The number of thiazole rings is 1. The van der Waals surface area contributed by atoms with Crippen molar-refractivity contribution in [1.29, 1.82) is 0 Å². The van der Waals surface area contributed by atoms with E-state index in [1.54, 1.807) is 20.4 Å². The van der Waals surface area contributed by atoms with Crippen molar-refractivity contribution in [3.8, 4) is 22.8 Å². The van der Waals surface area contributed by atoms with Crippen LogP contribution in [-0.2, 0) is 0 Å². The summed E-state index contributed by atoms with van der Waals surface area (Å²) < 4.78 is 11.2. The van der Waals surface area contributed by atoms with Crippen molar-refractivity contribution in [2.75, 3.05) is 37.6 Å². The fourth-order valence-corrected chi connectivity index (χ4v) is 4.10. The van der Waals surface area contributed by atoms with E-state index in [4.69, 9.17) is 9.47 Å². The Balaban J connectivity index is 1.51. The number of hydrogen-bond donors (Lipinski definition) is 1. The van der Waals surface area contributed by atoms with Crippen molar-refractivity contribution < 1.29 is 9.47 Å². The maximum atomic E-state index is 5.63. The van der Waals surface area contributed by atoms with E-state index >= 15 is 0 Å². The van der Waals surface area contributed by atoms with E-state index in [1.165, 1.54) is 24.2 Å². The first-order valence-corrected chi connectivity index (χ1v) is 10.5. The molecule has 1 fully saturated rings. The molecule has 7 heteroatoms. The van der Waals surface area contributed by atoms with E-state index in [-0.39, 0.29) is 0 Å². The topological polar surface area (TPSA) is 59.0 Å². The number of aromatic nitrogens is 1. The summed E-state index contributed by atoms with van der Waals surface area (Å²) in [5.74, 6) is 1.59. The Kier molecular flexibility index (Phi) is 5.95. The smallest absolute Gasteiger partial charge is 0.203 e. The van der Waals surface area contributed by atoms with Gasteiger partial charge in [0.2, 0.25) is 5.13 Å². The summed E-state index contributed by atoms with van der Waals surface area (Å²) in [5.41, 5.74) is 6.95. The van der Waals surface area contributed by atoms with Gasteiger partial charge in [0.05, 0.1) is 31.8 Å². The molecule has 1 aliphatic rings. The van der Waals surface area contributed by atoms with Crippen molar-refractivity contribution in [1.82, 2.24) is 4.98 Å². The van der Waals surface area contributed by atoms with Gasteiger partial charge in [-0.25, -0.2) is 4.98 Å². The summed E-state index contributed by atoms with van der Waals surface area (Å²) >= 11 is 1.52. The lowest BCUT2D eigenvalue weighted by molar-refractivity contribution is 0.402. The molecule has 0 aliphatic carbocycles. The second kappa shape index (κ2) is 8.96. The molecule has 1 N–H and O–H groups in total. The highest BCUT2D eigenvalue weighted by molar-refractivity contribution is 7.14. The molecule has 2 aromatic carbocycles. The number of nitrogens with one attached hydrogen (secondary N) is 1. The molecule has 0 atom stereocenters. The van der Waals surface area contributed by atoms with Gasteiger partial charge in [-0.1, -0.05) is 30.3 Å². The molecule has 0 radical (unpaired) electrons. The molecule has 1 aromatic heterocycles. The minimum Gasteiger partial charge on any atom is -0.496 e. The number of rotatable bonds is 7. The predicted molar refractivity (Wildman–Crippen MR) is 120 cm³/mol. The maximum Gasteiger partial charge on any atom is 0.203 e. The SMILES string of the molecule is COc1cc(N2CCCC2)c(OC)cc1C=NNc1nc(-c2ccccc2)cs1. The molecule has 0 unspecified atom stereocenters. The molecule has 29 heavy (non-hydrogen) atoms. The van der Waals surface area contributed by atoms with Gasteiger partial charge in [-0.05, 0) is 18.9 Å². The number of hydrogen-bond acceptors (Lipinski definition) is 7. The zero-order valence-electron chi connectivity index (χ0n) is 16.6. The van der Waals surface area contributed by atoms with Gasteiger partial charge in [-0.3, -0.25) is 5.43 Å². The molecule has 1 aliphatic heterocycles. The van der Waals surface area contributed by atoms with Gasteiger partial charge in [0.1, 0.15) is 11.5 Å². The standard InChI is InChI=1S/C22H24N4O2S/c1-27-20-13-19(26-10-6-7-11-26)21(28-2)12-17(20)14-23-25-22-24-18(15-29-22)16-8-4-3-5-9-16/h3-5,8-9,12-15H,6-7,10-11H2,1-2H3,(H,24,25). The third-order valence-electron chi connectivity index (χ3n) is 4.92. The lowest BCUT2D eigenvalue weighted by Gasteiger charge is -2.22. The summed E-state index contributed by atoms with van der Waals surface area (Å²) in [6, 6.07) is 14.1. The lowest BCUT2D eigenvalue weighted by Crippen LogP contribution is -2.18. The number of nitrogens with zero attached hydrogens (tertiary/aromatic N) is 3. The second-order valence-corrected chi connectivity index (χ2v) is 7.59. The average molecular weight is 409 g/mol. The van der Waals surface area contributed by atoms with Crippen LogP contribution in [-0.4, -0.2) is 38.5 Å². The molecule has 1 saturated heterocycles. The first-order chi connectivity index (χ1) is 14.3. The van der Waals surface area contributed by atoms with Crippen LogP contribution in [0.4, 0.5) is 10.8 Å². The largest absolute Gasteiger partial charge is 0.496 e. The second-order valence-electron chi connectivity index (χ2n) is 6.73. The van der Waals surface area contributed by atoms with Gasteiger partial charge < -0.3 is 14.4 Å². The maximum absolute atomic E-state index is 5.63. The number of methoxy groups -OCH3 is 2. The van der Waals surface area contributed by atoms with E-state index < -0.39 is 0 Å². The summed E-state index contributed by atoms with van der Waals surface area (Å²) in [4.78, 5) is 6.92. The highest BCUT2D eigenvalue weighted by Gasteiger charge is 2.19. The van der Waals surface area contributed by atoms with E-state index in [9.17, 15) is 0 Å². The van der Waals surface area contributed by atoms with E-state index in [0.717, 1.165) is 52.2 Å². The van der Waals surface area contributed by atoms with Crippen LogP contribution in [0.15, 0.2) is 52.9 Å².